The number of aromatic nitrogens is 1. The third kappa shape index (κ3) is 2.31. The van der Waals surface area contributed by atoms with Crippen LogP contribution in [0.1, 0.15) is 28.0 Å². The minimum atomic E-state index is -2.68. The highest BCUT2D eigenvalue weighted by atomic mass is 79.9. The van der Waals surface area contributed by atoms with E-state index in [1.165, 1.54) is 7.11 Å². The standard InChI is InChI=1S/C9H8BrF2NO2/c1-4-5(9(14)15-2)3-13-7(6(4)10)8(11)12/h3,8H,1-2H3. The number of methoxy groups -OCH3 is 1. The number of esters is 1. The lowest BCUT2D eigenvalue weighted by atomic mass is 10.1. The largest absolute Gasteiger partial charge is 0.465 e. The Labute approximate surface area is 93.6 Å². The number of carbonyl (C=O) groups is 1. The zero-order chi connectivity index (χ0) is 11.6. The van der Waals surface area contributed by atoms with E-state index in [1.807, 2.05) is 0 Å². The van der Waals surface area contributed by atoms with Crippen LogP contribution in [0.5, 0.6) is 0 Å². The predicted octanol–water partition coefficient (Wildman–Crippen LogP) is 2.88. The van der Waals surface area contributed by atoms with Crippen molar-refractivity contribution in [1.29, 1.82) is 0 Å². The van der Waals surface area contributed by atoms with Gasteiger partial charge in [-0.3, -0.25) is 4.98 Å². The van der Waals surface area contributed by atoms with Gasteiger partial charge in [0.1, 0.15) is 5.69 Å². The maximum absolute atomic E-state index is 12.4. The fraction of sp³-hybridized carbons (Fsp3) is 0.333. The lowest BCUT2D eigenvalue weighted by Crippen LogP contribution is -2.07. The molecule has 1 rings (SSSR count). The van der Waals surface area contributed by atoms with Gasteiger partial charge in [-0.2, -0.15) is 0 Å². The molecule has 0 aliphatic rings. The van der Waals surface area contributed by atoms with Gasteiger partial charge in [0, 0.05) is 10.7 Å². The summed E-state index contributed by atoms with van der Waals surface area (Å²) in [5.41, 5.74) is 0.195. The first-order valence-corrected chi connectivity index (χ1v) is 4.79. The number of carbonyl (C=O) groups excluding carboxylic acids is 1. The summed E-state index contributed by atoms with van der Waals surface area (Å²) in [4.78, 5) is 14.7. The van der Waals surface area contributed by atoms with Crippen LogP contribution in [0.25, 0.3) is 0 Å². The first-order valence-electron chi connectivity index (χ1n) is 4.00. The van der Waals surface area contributed by atoms with Crippen LogP contribution in [0, 0.1) is 6.92 Å². The van der Waals surface area contributed by atoms with Gasteiger partial charge in [0.25, 0.3) is 6.43 Å². The highest BCUT2D eigenvalue weighted by Crippen LogP contribution is 2.29. The highest BCUT2D eigenvalue weighted by molar-refractivity contribution is 9.10. The second-order valence-electron chi connectivity index (χ2n) is 2.79. The molecular formula is C9H8BrF2NO2. The summed E-state index contributed by atoms with van der Waals surface area (Å²) in [6.07, 6.45) is -1.59. The molecule has 0 N–H and O–H groups in total. The van der Waals surface area contributed by atoms with Crippen LogP contribution in [0.15, 0.2) is 10.7 Å². The predicted molar refractivity (Wildman–Crippen MR) is 53.0 cm³/mol. The quantitative estimate of drug-likeness (QED) is 0.782. The maximum Gasteiger partial charge on any atom is 0.339 e. The highest BCUT2D eigenvalue weighted by Gasteiger charge is 2.20. The van der Waals surface area contributed by atoms with Crippen LogP contribution in [-0.2, 0) is 4.74 Å². The molecule has 0 radical (unpaired) electrons. The van der Waals surface area contributed by atoms with E-state index in [0.29, 0.717) is 5.56 Å². The molecule has 0 aliphatic heterocycles. The number of ether oxygens (including phenoxy) is 1. The number of rotatable bonds is 2. The lowest BCUT2D eigenvalue weighted by Gasteiger charge is -2.08. The number of alkyl halides is 2. The normalized spacial score (nSPS) is 10.5. The van der Waals surface area contributed by atoms with Crippen LogP contribution in [0.3, 0.4) is 0 Å². The molecule has 0 saturated heterocycles. The Morgan fingerprint density at radius 2 is 2.20 bits per heavy atom. The third-order valence-corrected chi connectivity index (χ3v) is 2.90. The summed E-state index contributed by atoms with van der Waals surface area (Å²) in [6, 6.07) is 0. The van der Waals surface area contributed by atoms with E-state index >= 15 is 0 Å². The SMILES string of the molecule is COC(=O)c1cnc(C(F)F)c(Br)c1C. The summed E-state index contributed by atoms with van der Waals surface area (Å²) in [7, 11) is 1.22. The molecule has 1 heterocycles. The lowest BCUT2D eigenvalue weighted by molar-refractivity contribution is 0.0598. The Hall–Kier alpha value is -1.04. The fourth-order valence-corrected chi connectivity index (χ4v) is 1.55. The van der Waals surface area contributed by atoms with Gasteiger partial charge < -0.3 is 4.74 Å². The van der Waals surface area contributed by atoms with Crippen molar-refractivity contribution < 1.29 is 18.3 Å². The van der Waals surface area contributed by atoms with Gasteiger partial charge in [-0.1, -0.05) is 0 Å². The Bertz CT molecular complexity index is 396. The third-order valence-electron chi connectivity index (χ3n) is 1.90. The molecule has 0 bridgehead atoms. The monoisotopic (exact) mass is 279 g/mol. The van der Waals surface area contributed by atoms with Gasteiger partial charge in [0.05, 0.1) is 12.7 Å². The van der Waals surface area contributed by atoms with Crippen LogP contribution in [0.4, 0.5) is 8.78 Å². The smallest absolute Gasteiger partial charge is 0.339 e. The van der Waals surface area contributed by atoms with E-state index in [0.717, 1.165) is 6.20 Å². The molecule has 0 aliphatic carbocycles. The first kappa shape index (κ1) is 12.0. The number of halogens is 3. The summed E-state index contributed by atoms with van der Waals surface area (Å²) in [5.74, 6) is -0.596. The van der Waals surface area contributed by atoms with Gasteiger partial charge in [0.15, 0.2) is 0 Å². The van der Waals surface area contributed by atoms with Crippen LogP contribution < -0.4 is 0 Å². The Balaban J connectivity index is 3.27. The van der Waals surface area contributed by atoms with E-state index in [2.05, 4.69) is 25.7 Å². The summed E-state index contributed by atoms with van der Waals surface area (Å²) in [6.45, 7) is 1.55. The minimum absolute atomic E-state index is 0.139. The molecule has 0 amide bonds. The van der Waals surface area contributed by atoms with E-state index in [9.17, 15) is 13.6 Å². The van der Waals surface area contributed by atoms with Gasteiger partial charge in [0.2, 0.25) is 0 Å². The maximum atomic E-state index is 12.4. The molecule has 0 aromatic carbocycles. The zero-order valence-corrected chi connectivity index (χ0v) is 9.64. The second-order valence-corrected chi connectivity index (χ2v) is 3.58. The van der Waals surface area contributed by atoms with Crippen molar-refractivity contribution in [3.05, 3.63) is 27.5 Å². The Morgan fingerprint density at radius 1 is 1.60 bits per heavy atom. The average molecular weight is 280 g/mol. The van der Waals surface area contributed by atoms with Crippen molar-refractivity contribution >= 4 is 21.9 Å². The topological polar surface area (TPSA) is 39.2 Å². The Morgan fingerprint density at radius 3 is 2.67 bits per heavy atom. The molecule has 1 aromatic heterocycles. The van der Waals surface area contributed by atoms with E-state index in [-0.39, 0.29) is 15.7 Å². The molecule has 6 heteroatoms. The summed E-state index contributed by atoms with van der Waals surface area (Å²) in [5, 5.41) is 0. The molecular weight excluding hydrogens is 272 g/mol. The van der Waals surface area contributed by atoms with E-state index < -0.39 is 12.4 Å². The van der Waals surface area contributed by atoms with Gasteiger partial charge >= 0.3 is 5.97 Å². The van der Waals surface area contributed by atoms with Crippen LogP contribution in [-0.4, -0.2) is 18.1 Å². The van der Waals surface area contributed by atoms with E-state index in [1.54, 1.807) is 6.92 Å². The van der Waals surface area contributed by atoms with Gasteiger partial charge in [-0.25, -0.2) is 13.6 Å². The van der Waals surface area contributed by atoms with Crippen molar-refractivity contribution in [2.24, 2.45) is 0 Å². The van der Waals surface area contributed by atoms with Crippen molar-refractivity contribution in [2.75, 3.05) is 7.11 Å². The number of nitrogens with zero attached hydrogens (tertiary/aromatic N) is 1. The van der Waals surface area contributed by atoms with Gasteiger partial charge in [-0.05, 0) is 28.4 Å². The molecule has 0 saturated carbocycles. The van der Waals surface area contributed by atoms with Crippen molar-refractivity contribution in [3.63, 3.8) is 0 Å². The molecule has 3 nitrogen and oxygen atoms in total. The minimum Gasteiger partial charge on any atom is -0.465 e. The van der Waals surface area contributed by atoms with Crippen molar-refractivity contribution in [3.8, 4) is 0 Å². The zero-order valence-electron chi connectivity index (χ0n) is 8.05. The summed E-state index contributed by atoms with van der Waals surface area (Å²) >= 11 is 2.98. The number of hydrogen-bond acceptors (Lipinski definition) is 3. The molecule has 0 spiro atoms. The Kier molecular flexibility index (Phi) is 3.73. The first-order chi connectivity index (χ1) is 6.99. The average Bonchev–Trinajstić information content (AvgIpc) is 2.20. The molecule has 15 heavy (non-hydrogen) atoms. The second kappa shape index (κ2) is 4.65. The van der Waals surface area contributed by atoms with Crippen LogP contribution in [0.2, 0.25) is 0 Å². The van der Waals surface area contributed by atoms with E-state index in [4.69, 9.17) is 0 Å². The summed E-state index contributed by atoms with van der Waals surface area (Å²) < 4.78 is 29.5. The van der Waals surface area contributed by atoms with Crippen molar-refractivity contribution in [2.45, 2.75) is 13.3 Å². The molecule has 0 unspecified atom stereocenters. The molecule has 1 aromatic rings. The molecule has 82 valence electrons. The fourth-order valence-electron chi connectivity index (χ4n) is 1.07. The van der Waals surface area contributed by atoms with Crippen molar-refractivity contribution in [1.82, 2.24) is 4.98 Å². The van der Waals surface area contributed by atoms with Gasteiger partial charge in [-0.15, -0.1) is 0 Å². The molecule has 0 atom stereocenters. The number of pyridine rings is 1. The molecule has 0 fully saturated rings. The number of hydrogen-bond donors (Lipinski definition) is 0. The van der Waals surface area contributed by atoms with Crippen LogP contribution >= 0.6 is 15.9 Å².